The van der Waals surface area contributed by atoms with Crippen LogP contribution in [0.4, 0.5) is 0 Å². The summed E-state index contributed by atoms with van der Waals surface area (Å²) in [6.45, 7) is 7.49. The summed E-state index contributed by atoms with van der Waals surface area (Å²) < 4.78 is 1.82. The maximum absolute atomic E-state index is 6.55. The Morgan fingerprint density at radius 2 is 2.04 bits per heavy atom. The first-order valence-corrected chi connectivity index (χ1v) is 10.1. The molecule has 2 bridgehead atoms. The van der Waals surface area contributed by atoms with Crippen molar-refractivity contribution >= 4 is 11.6 Å². The number of aryl methyl sites for hydroxylation is 2. The fourth-order valence-electron chi connectivity index (χ4n) is 4.56. The molecule has 2 aromatic rings. The Bertz CT molecular complexity index is 744. The highest BCUT2D eigenvalue weighted by atomic mass is 35.5. The first kappa shape index (κ1) is 18.0. The molecule has 6 heteroatoms. The maximum Gasteiger partial charge on any atom is 0.131 e. The minimum Gasteiger partial charge on any atom is -0.296 e. The van der Waals surface area contributed by atoms with Crippen LogP contribution in [0.1, 0.15) is 36.7 Å². The molecule has 140 valence electrons. The van der Waals surface area contributed by atoms with E-state index in [1.807, 2.05) is 24.0 Å². The molecule has 26 heavy (non-hydrogen) atoms. The summed E-state index contributed by atoms with van der Waals surface area (Å²) in [5, 5.41) is 5.39. The lowest BCUT2D eigenvalue weighted by Gasteiger charge is -2.36. The van der Waals surface area contributed by atoms with Crippen molar-refractivity contribution in [3.8, 4) is 0 Å². The fourth-order valence-corrected chi connectivity index (χ4v) is 4.77. The largest absolute Gasteiger partial charge is 0.296 e. The predicted molar refractivity (Wildman–Crippen MR) is 104 cm³/mol. The molecule has 2 atom stereocenters. The molecule has 3 saturated heterocycles. The van der Waals surface area contributed by atoms with Gasteiger partial charge >= 0.3 is 0 Å². The number of fused-ring (bicyclic) bond motifs is 4. The summed E-state index contributed by atoms with van der Waals surface area (Å²) in [6.07, 6.45) is 5.44. The van der Waals surface area contributed by atoms with Gasteiger partial charge < -0.3 is 0 Å². The van der Waals surface area contributed by atoms with Gasteiger partial charge in [0.25, 0.3) is 0 Å². The van der Waals surface area contributed by atoms with E-state index in [1.54, 1.807) is 0 Å². The van der Waals surface area contributed by atoms with E-state index in [9.17, 15) is 0 Å². The van der Waals surface area contributed by atoms with Crippen molar-refractivity contribution in [1.82, 2.24) is 24.6 Å². The van der Waals surface area contributed by atoms with Crippen LogP contribution in [-0.2, 0) is 26.6 Å². The van der Waals surface area contributed by atoms with Crippen LogP contribution >= 0.6 is 11.6 Å². The summed E-state index contributed by atoms with van der Waals surface area (Å²) in [7, 11) is 1.94. The SMILES string of the molecule is CCc1nn(C)c(Cl)c1CN1C[C@H]2CC[C@@H]1CN(Cc1ccccn1)C2. The third-order valence-corrected chi connectivity index (χ3v) is 6.34. The number of nitrogens with zero attached hydrogens (tertiary/aromatic N) is 5. The van der Waals surface area contributed by atoms with Crippen molar-refractivity contribution in [2.45, 2.75) is 45.3 Å². The van der Waals surface area contributed by atoms with Crippen LogP contribution in [0, 0.1) is 5.92 Å². The van der Waals surface area contributed by atoms with Crippen molar-refractivity contribution < 1.29 is 0 Å². The summed E-state index contributed by atoms with van der Waals surface area (Å²) in [5.74, 6) is 0.734. The van der Waals surface area contributed by atoms with Crippen molar-refractivity contribution in [3.05, 3.63) is 46.5 Å². The second-order valence-corrected chi connectivity index (χ2v) is 8.09. The molecule has 3 aliphatic heterocycles. The lowest BCUT2D eigenvalue weighted by atomic mass is 9.94. The number of piperidine rings is 1. The Morgan fingerprint density at radius 3 is 2.81 bits per heavy atom. The zero-order valence-corrected chi connectivity index (χ0v) is 16.5. The molecule has 0 unspecified atom stereocenters. The Hall–Kier alpha value is -1.43. The van der Waals surface area contributed by atoms with Crippen molar-refractivity contribution in [2.75, 3.05) is 19.6 Å². The van der Waals surface area contributed by atoms with Gasteiger partial charge in [0.2, 0.25) is 0 Å². The number of halogens is 1. The molecule has 5 rings (SSSR count). The average molecular weight is 374 g/mol. The molecule has 0 radical (unpaired) electrons. The highest BCUT2D eigenvalue weighted by Crippen LogP contribution is 2.31. The Kier molecular flexibility index (Phi) is 5.30. The number of aromatic nitrogens is 3. The fraction of sp³-hybridized carbons (Fsp3) is 0.600. The van der Waals surface area contributed by atoms with Crippen molar-refractivity contribution in [2.24, 2.45) is 13.0 Å². The van der Waals surface area contributed by atoms with E-state index in [0.717, 1.165) is 49.4 Å². The van der Waals surface area contributed by atoms with Gasteiger partial charge in [-0.15, -0.1) is 0 Å². The van der Waals surface area contributed by atoms with Gasteiger partial charge in [-0.25, -0.2) is 0 Å². The maximum atomic E-state index is 6.55. The Balaban J connectivity index is 1.49. The highest BCUT2D eigenvalue weighted by molar-refractivity contribution is 6.30. The van der Waals surface area contributed by atoms with Crippen LogP contribution in [0.5, 0.6) is 0 Å². The smallest absolute Gasteiger partial charge is 0.131 e. The van der Waals surface area contributed by atoms with Gasteiger partial charge in [-0.2, -0.15) is 5.10 Å². The zero-order valence-electron chi connectivity index (χ0n) is 15.7. The molecule has 2 aromatic heterocycles. The van der Waals surface area contributed by atoms with Gasteiger partial charge in [-0.1, -0.05) is 24.6 Å². The lowest BCUT2D eigenvalue weighted by Crippen LogP contribution is -2.43. The van der Waals surface area contributed by atoms with Crippen LogP contribution < -0.4 is 0 Å². The molecule has 3 fully saturated rings. The van der Waals surface area contributed by atoms with Gasteiger partial charge in [-0.05, 0) is 37.3 Å². The zero-order chi connectivity index (χ0) is 18.1. The number of pyridine rings is 1. The molecule has 0 spiro atoms. The predicted octanol–water partition coefficient (Wildman–Crippen LogP) is 3.13. The quantitative estimate of drug-likeness (QED) is 0.806. The molecule has 3 aliphatic rings. The molecule has 0 saturated carbocycles. The molecule has 0 aromatic carbocycles. The van der Waals surface area contributed by atoms with Gasteiger partial charge in [0.15, 0.2) is 0 Å². The molecule has 5 heterocycles. The third kappa shape index (κ3) is 3.66. The molecule has 0 N–H and O–H groups in total. The second kappa shape index (κ2) is 7.67. The van der Waals surface area contributed by atoms with E-state index in [4.69, 9.17) is 11.6 Å². The highest BCUT2D eigenvalue weighted by Gasteiger charge is 2.35. The first-order chi connectivity index (χ1) is 12.6. The number of hydrogen-bond acceptors (Lipinski definition) is 4. The van der Waals surface area contributed by atoms with Gasteiger partial charge in [0.05, 0.1) is 11.4 Å². The molecular weight excluding hydrogens is 346 g/mol. The second-order valence-electron chi connectivity index (χ2n) is 7.74. The van der Waals surface area contributed by atoms with E-state index < -0.39 is 0 Å². The van der Waals surface area contributed by atoms with Crippen LogP contribution in [-0.4, -0.2) is 50.2 Å². The van der Waals surface area contributed by atoms with Gasteiger partial charge in [-0.3, -0.25) is 19.5 Å². The molecule has 5 nitrogen and oxygen atoms in total. The summed E-state index contributed by atoms with van der Waals surface area (Å²) in [6, 6.07) is 6.80. The minimum absolute atomic E-state index is 0.596. The van der Waals surface area contributed by atoms with Crippen LogP contribution in [0.3, 0.4) is 0 Å². The van der Waals surface area contributed by atoms with Gasteiger partial charge in [0.1, 0.15) is 5.15 Å². The Labute approximate surface area is 161 Å². The summed E-state index contributed by atoms with van der Waals surface area (Å²) in [5.41, 5.74) is 3.53. The monoisotopic (exact) mass is 373 g/mol. The van der Waals surface area contributed by atoms with E-state index in [0.29, 0.717) is 6.04 Å². The van der Waals surface area contributed by atoms with Crippen LogP contribution in [0.25, 0.3) is 0 Å². The normalized spacial score (nSPS) is 24.1. The first-order valence-electron chi connectivity index (χ1n) is 9.70. The lowest BCUT2D eigenvalue weighted by molar-refractivity contribution is 0.122. The van der Waals surface area contributed by atoms with E-state index in [-0.39, 0.29) is 0 Å². The van der Waals surface area contributed by atoms with Crippen molar-refractivity contribution in [3.63, 3.8) is 0 Å². The third-order valence-electron chi connectivity index (χ3n) is 5.86. The average Bonchev–Trinajstić information content (AvgIpc) is 2.81. The van der Waals surface area contributed by atoms with E-state index in [1.165, 1.54) is 30.6 Å². The van der Waals surface area contributed by atoms with Crippen LogP contribution in [0.15, 0.2) is 24.4 Å². The molecule has 0 aliphatic carbocycles. The number of hydrogen-bond donors (Lipinski definition) is 0. The number of rotatable bonds is 5. The Morgan fingerprint density at radius 1 is 1.15 bits per heavy atom. The van der Waals surface area contributed by atoms with Gasteiger partial charge in [0, 0.05) is 57.6 Å². The minimum atomic E-state index is 0.596. The summed E-state index contributed by atoms with van der Waals surface area (Å²) >= 11 is 6.55. The van der Waals surface area contributed by atoms with E-state index in [2.05, 4.69) is 38.9 Å². The van der Waals surface area contributed by atoms with Crippen molar-refractivity contribution in [1.29, 1.82) is 0 Å². The van der Waals surface area contributed by atoms with Crippen LogP contribution in [0.2, 0.25) is 5.15 Å². The van der Waals surface area contributed by atoms with E-state index >= 15 is 0 Å². The summed E-state index contributed by atoms with van der Waals surface area (Å²) in [4.78, 5) is 9.75. The molecule has 0 amide bonds. The standard InChI is InChI=1S/C20H28ClN5/c1-3-19-18(20(21)24(2)23-19)14-26-11-15-7-8-17(26)13-25(10-15)12-16-6-4-5-9-22-16/h4-6,9,15,17H,3,7-8,10-14H2,1-2H3/t15-,17+/m0/s1. The topological polar surface area (TPSA) is 37.2 Å². The molecular formula is C20H28ClN5.